The molecule has 0 fully saturated rings. The van der Waals surface area contributed by atoms with Gasteiger partial charge in [0.2, 0.25) is 5.91 Å². The van der Waals surface area contributed by atoms with E-state index in [2.05, 4.69) is 59.3 Å². The maximum Gasteiger partial charge on any atom is 0.234 e. The van der Waals surface area contributed by atoms with Gasteiger partial charge in [0.1, 0.15) is 6.04 Å². The van der Waals surface area contributed by atoms with Crippen LogP contribution in [-0.2, 0) is 11.3 Å². The molecule has 164 valence electrons. The van der Waals surface area contributed by atoms with Gasteiger partial charge in [-0.3, -0.25) is 9.36 Å². The van der Waals surface area contributed by atoms with Crippen LogP contribution in [0, 0.1) is 13.8 Å². The number of hydrogen-bond acceptors (Lipinski definition) is 4. The van der Waals surface area contributed by atoms with Gasteiger partial charge in [0.05, 0.1) is 26.4 Å². The molecule has 1 atom stereocenters. The van der Waals surface area contributed by atoms with E-state index in [0.29, 0.717) is 6.54 Å². The monoisotopic (exact) mass is 438 g/mol. The molecule has 0 aliphatic rings. The first kappa shape index (κ1) is 23.0. The van der Waals surface area contributed by atoms with Crippen molar-refractivity contribution in [2.24, 2.45) is 0 Å². The van der Waals surface area contributed by atoms with Crippen LogP contribution in [0.4, 0.5) is 5.69 Å². The molecule has 1 amide bonds. The number of thioether (sulfide) groups is 1. The highest BCUT2D eigenvalue weighted by Gasteiger charge is 2.25. The minimum atomic E-state index is -0.0435. The summed E-state index contributed by atoms with van der Waals surface area (Å²) in [4.78, 5) is 13.9. The van der Waals surface area contributed by atoms with Crippen molar-refractivity contribution in [3.63, 3.8) is 0 Å². The maximum atomic E-state index is 12.6. The zero-order valence-corrected chi connectivity index (χ0v) is 19.8. The van der Waals surface area contributed by atoms with Crippen LogP contribution >= 0.6 is 11.8 Å². The van der Waals surface area contributed by atoms with Crippen molar-refractivity contribution in [2.45, 2.75) is 44.9 Å². The van der Waals surface area contributed by atoms with E-state index in [1.54, 1.807) is 0 Å². The van der Waals surface area contributed by atoms with Gasteiger partial charge in [-0.25, -0.2) is 0 Å². The summed E-state index contributed by atoms with van der Waals surface area (Å²) in [5.41, 5.74) is 4.28. The summed E-state index contributed by atoms with van der Waals surface area (Å²) in [7, 11) is 4.28. The van der Waals surface area contributed by atoms with Gasteiger partial charge in [-0.05, 0) is 31.0 Å². The highest BCUT2D eigenvalue weighted by Crippen LogP contribution is 2.23. The van der Waals surface area contributed by atoms with Crippen LogP contribution in [0.5, 0.6) is 0 Å². The van der Waals surface area contributed by atoms with Crippen molar-refractivity contribution in [1.82, 2.24) is 14.8 Å². The summed E-state index contributed by atoms with van der Waals surface area (Å²) in [5, 5.41) is 12.8. The largest absolute Gasteiger partial charge is 0.331 e. The molecule has 2 aromatic carbocycles. The van der Waals surface area contributed by atoms with Crippen LogP contribution in [0.2, 0.25) is 0 Å². The molecule has 3 aromatic rings. The quantitative estimate of drug-likeness (QED) is 0.504. The number of nitrogens with zero attached hydrogens (tertiary/aromatic N) is 3. The molecular weight excluding hydrogens is 406 g/mol. The van der Waals surface area contributed by atoms with E-state index < -0.39 is 0 Å². The molecule has 0 spiro atoms. The number of quaternary nitrogens is 1. The van der Waals surface area contributed by atoms with Gasteiger partial charge in [-0.15, -0.1) is 10.2 Å². The van der Waals surface area contributed by atoms with Gasteiger partial charge in [0.25, 0.3) is 0 Å². The highest BCUT2D eigenvalue weighted by atomic mass is 32.2. The first-order valence-corrected chi connectivity index (χ1v) is 11.6. The second-order valence-corrected chi connectivity index (χ2v) is 9.05. The lowest BCUT2D eigenvalue weighted by Gasteiger charge is -2.20. The van der Waals surface area contributed by atoms with Gasteiger partial charge < -0.3 is 10.2 Å². The molecule has 0 saturated carbocycles. The molecule has 0 saturated heterocycles. The average Bonchev–Trinajstić information content (AvgIpc) is 3.12. The van der Waals surface area contributed by atoms with Crippen LogP contribution in [0.15, 0.2) is 53.7 Å². The molecule has 0 aliphatic carbocycles. The lowest BCUT2D eigenvalue weighted by molar-refractivity contribution is -0.893. The number of nitrogens with one attached hydrogen (secondary N) is 2. The van der Waals surface area contributed by atoms with Gasteiger partial charge in [-0.2, -0.15) is 0 Å². The Bertz CT molecular complexity index is 1020. The van der Waals surface area contributed by atoms with Crippen molar-refractivity contribution < 1.29 is 9.69 Å². The Morgan fingerprint density at radius 3 is 2.52 bits per heavy atom. The predicted molar refractivity (Wildman–Crippen MR) is 127 cm³/mol. The maximum absolute atomic E-state index is 12.6. The summed E-state index contributed by atoms with van der Waals surface area (Å²) < 4.78 is 2.16. The third-order valence-corrected chi connectivity index (χ3v) is 6.30. The van der Waals surface area contributed by atoms with Crippen LogP contribution in [-0.4, -0.2) is 40.5 Å². The normalized spacial score (nSPS) is 12.2. The summed E-state index contributed by atoms with van der Waals surface area (Å²) >= 11 is 1.43. The lowest BCUT2D eigenvalue weighted by Crippen LogP contribution is -3.06. The second kappa shape index (κ2) is 10.6. The van der Waals surface area contributed by atoms with E-state index in [1.807, 2.05) is 44.2 Å². The van der Waals surface area contributed by atoms with E-state index >= 15 is 0 Å². The molecule has 7 heteroatoms. The van der Waals surface area contributed by atoms with E-state index in [1.165, 1.54) is 27.8 Å². The number of anilines is 1. The fraction of sp³-hybridized carbons (Fsp3) is 0.375. The Kier molecular flexibility index (Phi) is 7.87. The molecule has 0 radical (unpaired) electrons. The fourth-order valence-corrected chi connectivity index (χ4v) is 4.44. The van der Waals surface area contributed by atoms with Crippen molar-refractivity contribution in [3.05, 3.63) is 71.0 Å². The fourth-order valence-electron chi connectivity index (χ4n) is 3.70. The van der Waals surface area contributed by atoms with Gasteiger partial charge in [-0.1, -0.05) is 66.7 Å². The summed E-state index contributed by atoms with van der Waals surface area (Å²) in [6.45, 7) is 6.91. The Balaban J connectivity index is 1.78. The lowest BCUT2D eigenvalue weighted by atomic mass is 10.1. The Morgan fingerprint density at radius 1 is 1.13 bits per heavy atom. The molecule has 31 heavy (non-hydrogen) atoms. The molecule has 0 aliphatic heterocycles. The van der Waals surface area contributed by atoms with Gasteiger partial charge in [0.15, 0.2) is 11.0 Å². The van der Waals surface area contributed by atoms with Crippen LogP contribution in [0.3, 0.4) is 0 Å². The molecule has 1 aromatic heterocycles. The number of carbonyl (C=O) groups is 1. The molecule has 6 nitrogen and oxygen atoms in total. The van der Waals surface area contributed by atoms with E-state index in [-0.39, 0.29) is 17.7 Å². The Labute approximate surface area is 189 Å². The first-order chi connectivity index (χ1) is 14.9. The van der Waals surface area contributed by atoms with Crippen molar-refractivity contribution in [1.29, 1.82) is 0 Å². The number of benzene rings is 2. The molecule has 2 N–H and O–H groups in total. The van der Waals surface area contributed by atoms with E-state index in [9.17, 15) is 4.79 Å². The van der Waals surface area contributed by atoms with Crippen LogP contribution in [0.25, 0.3) is 0 Å². The standard InChI is InChI=1S/C24H31N5OS/c1-6-21(28(4)5)23-26-27-24(29(23)15-19-10-8-7-9-11-19)31-16-22(30)25-20-13-12-17(2)14-18(20)3/h7-14,21H,6,15-16H2,1-5H3,(H,25,30)/p+1/t21-/m1/s1. The number of amides is 1. The zero-order valence-electron chi connectivity index (χ0n) is 19.0. The Morgan fingerprint density at radius 2 is 1.87 bits per heavy atom. The van der Waals surface area contributed by atoms with Crippen molar-refractivity contribution in [2.75, 3.05) is 25.2 Å². The summed E-state index contributed by atoms with van der Waals surface area (Å²) in [6.07, 6.45) is 0.965. The van der Waals surface area contributed by atoms with Crippen molar-refractivity contribution in [3.8, 4) is 0 Å². The predicted octanol–water partition coefficient (Wildman–Crippen LogP) is 3.27. The average molecular weight is 439 g/mol. The minimum Gasteiger partial charge on any atom is -0.331 e. The van der Waals surface area contributed by atoms with Crippen LogP contribution < -0.4 is 10.2 Å². The van der Waals surface area contributed by atoms with Gasteiger partial charge >= 0.3 is 0 Å². The van der Waals surface area contributed by atoms with E-state index in [0.717, 1.165) is 28.7 Å². The van der Waals surface area contributed by atoms with E-state index in [4.69, 9.17) is 0 Å². The number of carbonyl (C=O) groups excluding carboxylic acids is 1. The zero-order chi connectivity index (χ0) is 22.4. The second-order valence-electron chi connectivity index (χ2n) is 8.11. The third kappa shape index (κ3) is 5.95. The SMILES string of the molecule is CC[C@H](c1nnc(SCC(=O)Nc2ccc(C)cc2C)n1Cc1ccccc1)[NH+](C)C. The highest BCUT2D eigenvalue weighted by molar-refractivity contribution is 7.99. The minimum absolute atomic E-state index is 0.0435. The molecular formula is C24H32N5OS+. The summed E-state index contributed by atoms with van der Waals surface area (Å²) in [5.74, 6) is 1.20. The van der Waals surface area contributed by atoms with Crippen LogP contribution in [0.1, 0.15) is 41.9 Å². The molecule has 0 unspecified atom stereocenters. The topological polar surface area (TPSA) is 64.2 Å². The Hall–Kier alpha value is -2.64. The third-order valence-electron chi connectivity index (χ3n) is 5.33. The summed E-state index contributed by atoms with van der Waals surface area (Å²) in [6, 6.07) is 16.6. The number of rotatable bonds is 9. The molecule has 3 rings (SSSR count). The van der Waals surface area contributed by atoms with Gasteiger partial charge in [0, 0.05) is 12.1 Å². The number of aryl methyl sites for hydroxylation is 2. The molecule has 0 bridgehead atoms. The number of hydrogen-bond donors (Lipinski definition) is 2. The number of aromatic nitrogens is 3. The molecule has 1 heterocycles. The first-order valence-electron chi connectivity index (χ1n) is 10.7. The smallest absolute Gasteiger partial charge is 0.234 e. The van der Waals surface area contributed by atoms with Crippen molar-refractivity contribution >= 4 is 23.4 Å².